The highest BCUT2D eigenvalue weighted by atomic mass is 35.5. The number of aliphatic imine (C=N–C) groups is 1. The summed E-state index contributed by atoms with van der Waals surface area (Å²) in [5.74, 6) is 1.14. The van der Waals surface area contributed by atoms with Crippen LogP contribution in [0.4, 0.5) is 18.9 Å². The van der Waals surface area contributed by atoms with Crippen molar-refractivity contribution in [3.05, 3.63) is 28.8 Å². The zero-order valence-corrected chi connectivity index (χ0v) is 13.6. The highest BCUT2D eigenvalue weighted by Crippen LogP contribution is 2.43. The number of nitrogens with zero attached hydrogens (tertiary/aromatic N) is 2. The summed E-state index contributed by atoms with van der Waals surface area (Å²) >= 11 is 5.75. The molecule has 1 spiro atoms. The average molecular weight is 360 g/mol. The van der Waals surface area contributed by atoms with E-state index in [2.05, 4.69) is 15.4 Å². The minimum atomic E-state index is -4.46. The lowest BCUT2D eigenvalue weighted by Crippen LogP contribution is -2.59. The van der Waals surface area contributed by atoms with E-state index in [9.17, 15) is 13.2 Å². The molecular weight excluding hydrogens is 343 g/mol. The highest BCUT2D eigenvalue weighted by Gasteiger charge is 2.52. The Hall–Kier alpha value is -1.31. The van der Waals surface area contributed by atoms with Crippen LogP contribution in [0.5, 0.6) is 0 Å². The quantitative estimate of drug-likeness (QED) is 0.829. The smallest absolute Gasteiger partial charge is 0.300 e. The number of piperidine rings is 3. The van der Waals surface area contributed by atoms with E-state index >= 15 is 0 Å². The summed E-state index contributed by atoms with van der Waals surface area (Å²) < 4.78 is 38.3. The molecule has 1 aromatic rings. The molecule has 0 saturated carbocycles. The van der Waals surface area contributed by atoms with Crippen molar-refractivity contribution in [3.8, 4) is 0 Å². The molecule has 1 N–H and O–H groups in total. The Balaban J connectivity index is 1.54. The molecule has 0 aliphatic carbocycles. The van der Waals surface area contributed by atoms with Gasteiger partial charge in [-0.25, -0.2) is 4.99 Å². The van der Waals surface area contributed by atoms with Gasteiger partial charge in [-0.05, 0) is 50.0 Å². The maximum atomic E-state index is 12.8. The molecule has 4 aliphatic rings. The van der Waals surface area contributed by atoms with Gasteiger partial charge in [0.2, 0.25) is 0 Å². The Morgan fingerprint density at radius 2 is 2.04 bits per heavy atom. The van der Waals surface area contributed by atoms with Gasteiger partial charge in [-0.1, -0.05) is 11.6 Å². The van der Waals surface area contributed by atoms with E-state index in [0.29, 0.717) is 23.9 Å². The molecule has 1 aromatic carbocycles. The number of hydrogen-bond acceptors (Lipinski definition) is 3. The van der Waals surface area contributed by atoms with Gasteiger partial charge in [-0.2, -0.15) is 13.2 Å². The first-order valence-electron chi connectivity index (χ1n) is 7.96. The highest BCUT2D eigenvalue weighted by molar-refractivity contribution is 6.31. The zero-order valence-electron chi connectivity index (χ0n) is 12.9. The van der Waals surface area contributed by atoms with Crippen molar-refractivity contribution in [2.24, 2.45) is 10.9 Å². The van der Waals surface area contributed by atoms with Gasteiger partial charge in [0.1, 0.15) is 11.4 Å². The molecule has 0 radical (unpaired) electrons. The maximum absolute atomic E-state index is 12.8. The molecule has 130 valence electrons. The van der Waals surface area contributed by atoms with Gasteiger partial charge in [-0.15, -0.1) is 0 Å². The van der Waals surface area contributed by atoms with Gasteiger partial charge in [-0.3, -0.25) is 10.3 Å². The molecule has 5 rings (SSSR count). The molecule has 0 amide bonds. The van der Waals surface area contributed by atoms with Crippen LogP contribution in [0.2, 0.25) is 5.02 Å². The van der Waals surface area contributed by atoms with Crippen molar-refractivity contribution in [3.63, 3.8) is 0 Å². The van der Waals surface area contributed by atoms with Crippen LogP contribution in [0.1, 0.15) is 24.8 Å². The molecule has 4 heterocycles. The summed E-state index contributed by atoms with van der Waals surface area (Å²) in [6, 6.07) is 3.52. The van der Waals surface area contributed by atoms with Crippen molar-refractivity contribution in [1.82, 2.24) is 10.4 Å². The van der Waals surface area contributed by atoms with E-state index in [-0.39, 0.29) is 10.6 Å². The predicted molar refractivity (Wildman–Crippen MR) is 84.3 cm³/mol. The summed E-state index contributed by atoms with van der Waals surface area (Å²) in [7, 11) is 0. The molecule has 4 fully saturated rings. The Morgan fingerprint density at radius 3 is 2.62 bits per heavy atom. The molecule has 4 nitrogen and oxygen atoms in total. The third kappa shape index (κ3) is 2.78. The first-order valence-corrected chi connectivity index (χ1v) is 8.34. The van der Waals surface area contributed by atoms with Crippen molar-refractivity contribution in [2.45, 2.75) is 31.0 Å². The first kappa shape index (κ1) is 16.2. The molecule has 4 aliphatic heterocycles. The number of hydrogen-bond donors (Lipinski definition) is 1. The number of amidine groups is 1. The van der Waals surface area contributed by atoms with Crippen molar-refractivity contribution >= 4 is 23.1 Å². The summed E-state index contributed by atoms with van der Waals surface area (Å²) in [5, 5.41) is -0.346. The van der Waals surface area contributed by atoms with E-state index in [1.54, 1.807) is 0 Å². The summed E-state index contributed by atoms with van der Waals surface area (Å²) in [5.41, 5.74) is 2.15. The van der Waals surface area contributed by atoms with E-state index < -0.39 is 11.7 Å². The van der Waals surface area contributed by atoms with Crippen LogP contribution < -0.4 is 5.48 Å². The minimum absolute atomic E-state index is 0.259. The van der Waals surface area contributed by atoms with E-state index in [4.69, 9.17) is 16.4 Å². The zero-order chi connectivity index (χ0) is 16.9. The van der Waals surface area contributed by atoms with Crippen LogP contribution in [-0.4, -0.2) is 36.0 Å². The predicted octanol–water partition coefficient (Wildman–Crippen LogP) is 3.78. The number of hydroxylamine groups is 1. The third-order valence-corrected chi connectivity index (χ3v) is 5.50. The van der Waals surface area contributed by atoms with Crippen LogP contribution in [-0.2, 0) is 11.0 Å². The van der Waals surface area contributed by atoms with Crippen molar-refractivity contribution < 1.29 is 18.0 Å². The second kappa shape index (κ2) is 5.61. The van der Waals surface area contributed by atoms with E-state index in [1.807, 2.05) is 0 Å². The Kier molecular flexibility index (Phi) is 3.78. The second-order valence-electron chi connectivity index (χ2n) is 6.72. The fourth-order valence-corrected chi connectivity index (χ4v) is 4.26. The number of rotatable bonds is 1. The van der Waals surface area contributed by atoms with Crippen LogP contribution >= 0.6 is 11.6 Å². The summed E-state index contributed by atoms with van der Waals surface area (Å²) in [6.07, 6.45) is -1.59. The van der Waals surface area contributed by atoms with E-state index in [0.717, 1.165) is 38.5 Å². The fourth-order valence-electron chi connectivity index (χ4n) is 3.98. The molecule has 1 unspecified atom stereocenters. The topological polar surface area (TPSA) is 36.9 Å². The fraction of sp³-hybridized carbons (Fsp3) is 0.562. The second-order valence-corrected chi connectivity index (χ2v) is 7.12. The normalized spacial score (nSPS) is 34.1. The van der Waals surface area contributed by atoms with Gasteiger partial charge < -0.3 is 4.90 Å². The van der Waals surface area contributed by atoms with Crippen molar-refractivity contribution in [2.75, 3.05) is 19.6 Å². The monoisotopic (exact) mass is 359 g/mol. The summed E-state index contributed by atoms with van der Waals surface area (Å²) in [4.78, 5) is 12.6. The molecule has 1 atom stereocenters. The number of nitrogens with one attached hydrogen (secondary N) is 1. The minimum Gasteiger partial charge on any atom is -0.300 e. The third-order valence-electron chi connectivity index (χ3n) is 5.18. The lowest BCUT2D eigenvalue weighted by atomic mass is 9.74. The van der Waals surface area contributed by atoms with Gasteiger partial charge in [0.15, 0.2) is 0 Å². The van der Waals surface area contributed by atoms with Crippen LogP contribution in [0.25, 0.3) is 0 Å². The Labute approximate surface area is 142 Å². The average Bonchev–Trinajstić information content (AvgIpc) is 2.89. The number of halogens is 4. The number of benzene rings is 1. The SMILES string of the molecule is FC(F)(F)c1ccc(N=C2CC3(CN4CCC3CC4)ON2)cc1Cl. The molecular formula is C16H17ClF3N3O. The number of alkyl halides is 3. The van der Waals surface area contributed by atoms with Crippen LogP contribution in [0.3, 0.4) is 0 Å². The molecule has 24 heavy (non-hydrogen) atoms. The van der Waals surface area contributed by atoms with Gasteiger partial charge in [0.05, 0.1) is 16.3 Å². The van der Waals surface area contributed by atoms with Crippen molar-refractivity contribution in [1.29, 1.82) is 0 Å². The molecule has 4 saturated heterocycles. The standard InChI is InChI=1S/C16H17ClF3N3O/c17-13-7-11(1-2-12(13)16(18,19)20)21-14-8-15(24-22-14)9-23-5-3-10(15)4-6-23/h1-2,7,10H,3-6,8-9H2,(H,21,22). The first-order chi connectivity index (χ1) is 11.4. The van der Waals surface area contributed by atoms with Gasteiger partial charge in [0.25, 0.3) is 0 Å². The lowest BCUT2D eigenvalue weighted by molar-refractivity contribution is -0.150. The van der Waals surface area contributed by atoms with Gasteiger partial charge in [0, 0.05) is 13.0 Å². The molecule has 2 bridgehead atoms. The molecule has 8 heteroatoms. The maximum Gasteiger partial charge on any atom is 0.417 e. The molecule has 0 aromatic heterocycles. The van der Waals surface area contributed by atoms with Gasteiger partial charge >= 0.3 is 6.18 Å². The van der Waals surface area contributed by atoms with E-state index in [1.165, 1.54) is 12.1 Å². The Bertz CT molecular complexity index is 686. The lowest BCUT2D eigenvalue weighted by Gasteiger charge is -2.49. The Morgan fingerprint density at radius 1 is 1.29 bits per heavy atom. The van der Waals surface area contributed by atoms with Crippen LogP contribution in [0, 0.1) is 5.92 Å². The number of fused-ring (bicyclic) bond motifs is 2. The largest absolute Gasteiger partial charge is 0.417 e. The summed E-state index contributed by atoms with van der Waals surface area (Å²) in [6.45, 7) is 3.09. The van der Waals surface area contributed by atoms with Crippen LogP contribution in [0.15, 0.2) is 23.2 Å².